The summed E-state index contributed by atoms with van der Waals surface area (Å²) in [5.41, 5.74) is 1.10. The number of aldehydes is 1. The van der Waals surface area contributed by atoms with Gasteiger partial charge in [0, 0.05) is 5.56 Å². The molecule has 0 radical (unpaired) electrons. The maximum atomic E-state index is 11.0. The predicted molar refractivity (Wildman–Crippen MR) is 67.5 cm³/mol. The van der Waals surface area contributed by atoms with Crippen molar-refractivity contribution < 1.29 is 14.6 Å². The van der Waals surface area contributed by atoms with Crippen LogP contribution in [0.15, 0.2) is 12.1 Å². The summed E-state index contributed by atoms with van der Waals surface area (Å²) in [5, 5.41) is 18.6. The summed E-state index contributed by atoms with van der Waals surface area (Å²) in [7, 11) is 0. The van der Waals surface area contributed by atoms with E-state index in [2.05, 4.69) is 0 Å². The van der Waals surface area contributed by atoms with E-state index in [4.69, 9.17) is 10.00 Å². The van der Waals surface area contributed by atoms with Crippen LogP contribution < -0.4 is 4.74 Å². The molecule has 1 aromatic carbocycles. The highest BCUT2D eigenvalue weighted by molar-refractivity contribution is 5.81. The molecule has 1 rings (SSSR count). The van der Waals surface area contributed by atoms with Crippen molar-refractivity contribution in [2.75, 3.05) is 6.61 Å². The van der Waals surface area contributed by atoms with Gasteiger partial charge in [0.1, 0.15) is 5.75 Å². The monoisotopic (exact) mass is 247 g/mol. The summed E-state index contributed by atoms with van der Waals surface area (Å²) in [5.74, 6) is 0.676. The maximum Gasteiger partial charge on any atom is 0.153 e. The van der Waals surface area contributed by atoms with Gasteiger partial charge in [0.05, 0.1) is 29.9 Å². The molecular formula is C14H17NO3. The fourth-order valence-corrected chi connectivity index (χ4v) is 1.55. The van der Waals surface area contributed by atoms with E-state index in [0.29, 0.717) is 41.3 Å². The zero-order chi connectivity index (χ0) is 13.7. The minimum absolute atomic E-state index is 0.297. The summed E-state index contributed by atoms with van der Waals surface area (Å²) >= 11 is 0. The number of nitriles is 1. The van der Waals surface area contributed by atoms with Gasteiger partial charge in [-0.2, -0.15) is 5.26 Å². The Kier molecular flexibility index (Phi) is 4.87. The Morgan fingerprint density at radius 3 is 2.56 bits per heavy atom. The van der Waals surface area contributed by atoms with Gasteiger partial charge in [-0.1, -0.05) is 13.8 Å². The van der Waals surface area contributed by atoms with Crippen LogP contribution in [-0.4, -0.2) is 18.0 Å². The predicted octanol–water partition coefficient (Wildman–Crippen LogP) is 2.46. The molecule has 1 aromatic rings. The van der Waals surface area contributed by atoms with Crippen LogP contribution in [0.2, 0.25) is 0 Å². The molecule has 0 bridgehead atoms. The van der Waals surface area contributed by atoms with Crippen molar-refractivity contribution in [3.05, 3.63) is 28.8 Å². The molecule has 96 valence electrons. The summed E-state index contributed by atoms with van der Waals surface area (Å²) in [4.78, 5) is 11.0. The topological polar surface area (TPSA) is 70.3 Å². The zero-order valence-corrected chi connectivity index (χ0v) is 10.8. The smallest absolute Gasteiger partial charge is 0.153 e. The molecule has 0 aromatic heterocycles. The van der Waals surface area contributed by atoms with Gasteiger partial charge in [-0.15, -0.1) is 0 Å². The second-order valence-corrected chi connectivity index (χ2v) is 4.59. The molecule has 1 N–H and O–H groups in total. The molecule has 0 aliphatic rings. The summed E-state index contributed by atoms with van der Waals surface area (Å²) < 4.78 is 5.58. The number of carbonyl (C=O) groups excluding carboxylic acids is 1. The van der Waals surface area contributed by atoms with E-state index in [1.165, 1.54) is 6.07 Å². The van der Waals surface area contributed by atoms with Crippen LogP contribution in [-0.2, 0) is 0 Å². The van der Waals surface area contributed by atoms with E-state index in [9.17, 15) is 9.90 Å². The quantitative estimate of drug-likeness (QED) is 0.811. The van der Waals surface area contributed by atoms with Gasteiger partial charge in [-0.25, -0.2) is 0 Å². The van der Waals surface area contributed by atoms with Gasteiger partial charge >= 0.3 is 0 Å². The summed E-state index contributed by atoms with van der Waals surface area (Å²) in [6.45, 7) is 6.01. The Bertz CT molecular complexity index is 473. The normalized spacial score (nSPS) is 12.0. The third kappa shape index (κ3) is 3.31. The first kappa shape index (κ1) is 14.2. The lowest BCUT2D eigenvalue weighted by Crippen LogP contribution is -2.09. The largest absolute Gasteiger partial charge is 0.492 e. The first-order valence-corrected chi connectivity index (χ1v) is 5.83. The van der Waals surface area contributed by atoms with Crippen molar-refractivity contribution in [1.29, 1.82) is 5.26 Å². The standard InChI is InChI=1S/C14H17NO3/c1-9(2)8-18-14-12(7-16)4-11(6-15)5-13(14)10(3)17/h4-5,7,9-10,17H,8H2,1-3H3. The molecule has 4 heteroatoms. The van der Waals surface area contributed by atoms with Gasteiger partial charge < -0.3 is 9.84 Å². The number of hydrogen-bond acceptors (Lipinski definition) is 4. The maximum absolute atomic E-state index is 11.0. The van der Waals surface area contributed by atoms with Crippen LogP contribution in [0.25, 0.3) is 0 Å². The van der Waals surface area contributed by atoms with E-state index in [1.54, 1.807) is 13.0 Å². The number of aliphatic hydroxyl groups excluding tert-OH is 1. The second-order valence-electron chi connectivity index (χ2n) is 4.59. The number of aliphatic hydroxyl groups is 1. The minimum atomic E-state index is -0.792. The molecule has 1 unspecified atom stereocenters. The Labute approximate surface area is 107 Å². The number of hydrogen-bond donors (Lipinski definition) is 1. The first-order valence-electron chi connectivity index (χ1n) is 5.83. The Hall–Kier alpha value is -1.86. The molecular weight excluding hydrogens is 230 g/mol. The molecule has 0 spiro atoms. The average molecular weight is 247 g/mol. The van der Waals surface area contributed by atoms with Crippen molar-refractivity contribution in [3.8, 4) is 11.8 Å². The van der Waals surface area contributed by atoms with Crippen molar-refractivity contribution in [3.63, 3.8) is 0 Å². The fourth-order valence-electron chi connectivity index (χ4n) is 1.55. The van der Waals surface area contributed by atoms with Crippen molar-refractivity contribution in [2.45, 2.75) is 26.9 Å². The van der Waals surface area contributed by atoms with Crippen LogP contribution in [0, 0.1) is 17.2 Å². The second kappa shape index (κ2) is 6.18. The van der Waals surface area contributed by atoms with Crippen LogP contribution in [0.4, 0.5) is 0 Å². The number of benzene rings is 1. The van der Waals surface area contributed by atoms with E-state index < -0.39 is 6.10 Å². The molecule has 0 fully saturated rings. The molecule has 0 amide bonds. The molecule has 4 nitrogen and oxygen atoms in total. The molecule has 18 heavy (non-hydrogen) atoms. The lowest BCUT2D eigenvalue weighted by Gasteiger charge is -2.17. The van der Waals surface area contributed by atoms with Gasteiger partial charge in [0.2, 0.25) is 0 Å². The highest BCUT2D eigenvalue weighted by atomic mass is 16.5. The van der Waals surface area contributed by atoms with E-state index in [0.717, 1.165) is 0 Å². The van der Waals surface area contributed by atoms with Gasteiger partial charge in [-0.3, -0.25) is 4.79 Å². The highest BCUT2D eigenvalue weighted by Crippen LogP contribution is 2.30. The molecule has 1 atom stereocenters. The van der Waals surface area contributed by atoms with Crippen LogP contribution in [0.1, 0.15) is 48.4 Å². The summed E-state index contributed by atoms with van der Waals surface area (Å²) in [6, 6.07) is 4.98. The summed E-state index contributed by atoms with van der Waals surface area (Å²) in [6.07, 6.45) is -0.151. The van der Waals surface area contributed by atoms with Gasteiger partial charge in [-0.05, 0) is 25.0 Å². The van der Waals surface area contributed by atoms with Crippen molar-refractivity contribution in [2.24, 2.45) is 5.92 Å². The van der Waals surface area contributed by atoms with Gasteiger partial charge in [0.15, 0.2) is 6.29 Å². The fraction of sp³-hybridized carbons (Fsp3) is 0.429. The van der Waals surface area contributed by atoms with Crippen LogP contribution >= 0.6 is 0 Å². The third-order valence-corrected chi connectivity index (χ3v) is 2.41. The van der Waals surface area contributed by atoms with E-state index in [1.807, 2.05) is 19.9 Å². The molecule has 0 saturated heterocycles. The SMILES string of the molecule is CC(C)COc1c(C=O)cc(C#N)cc1C(C)O. The minimum Gasteiger partial charge on any atom is -0.492 e. The highest BCUT2D eigenvalue weighted by Gasteiger charge is 2.16. The first-order chi connectivity index (χ1) is 8.49. The number of carbonyl (C=O) groups is 1. The molecule has 0 aliphatic heterocycles. The zero-order valence-electron chi connectivity index (χ0n) is 10.8. The van der Waals surface area contributed by atoms with E-state index >= 15 is 0 Å². The molecule has 0 heterocycles. The van der Waals surface area contributed by atoms with Gasteiger partial charge in [0.25, 0.3) is 0 Å². The number of rotatable bonds is 5. The Balaban J connectivity index is 3.26. The van der Waals surface area contributed by atoms with Crippen molar-refractivity contribution in [1.82, 2.24) is 0 Å². The van der Waals surface area contributed by atoms with Crippen molar-refractivity contribution >= 4 is 6.29 Å². The van der Waals surface area contributed by atoms with Crippen LogP contribution in [0.3, 0.4) is 0 Å². The molecule has 0 saturated carbocycles. The lowest BCUT2D eigenvalue weighted by atomic mass is 10.0. The Morgan fingerprint density at radius 1 is 1.44 bits per heavy atom. The molecule has 0 aliphatic carbocycles. The number of nitrogens with zero attached hydrogens (tertiary/aromatic N) is 1. The lowest BCUT2D eigenvalue weighted by molar-refractivity contribution is 0.111. The Morgan fingerprint density at radius 2 is 2.11 bits per heavy atom. The van der Waals surface area contributed by atoms with Crippen LogP contribution in [0.5, 0.6) is 5.75 Å². The third-order valence-electron chi connectivity index (χ3n) is 2.41. The van der Waals surface area contributed by atoms with E-state index in [-0.39, 0.29) is 0 Å². The average Bonchev–Trinajstić information content (AvgIpc) is 2.34. The number of ether oxygens (including phenoxy) is 1.